The molecule has 0 unspecified atom stereocenters. The monoisotopic (exact) mass is 453 g/mol. The molecule has 2 aromatic carbocycles. The topological polar surface area (TPSA) is 87.3 Å². The lowest BCUT2D eigenvalue weighted by atomic mass is 9.95. The molecule has 31 heavy (non-hydrogen) atoms. The number of carbonyl (C=O) groups excluding carboxylic acids is 1. The Labute approximate surface area is 178 Å². The molecule has 1 amide bonds. The fraction of sp³-hybridized carbons (Fsp3) is 0.381. The smallest absolute Gasteiger partial charge is 0.381 e. The number of anilines is 3. The quantitative estimate of drug-likeness (QED) is 0.610. The van der Waals surface area contributed by atoms with Gasteiger partial charge in [0.15, 0.2) is 0 Å². The van der Waals surface area contributed by atoms with E-state index in [0.29, 0.717) is 16.9 Å². The van der Waals surface area contributed by atoms with Gasteiger partial charge in [0.05, 0.1) is 28.3 Å². The number of carbonyl (C=O) groups is 1. The molecular weight excluding hydrogens is 431 g/mol. The summed E-state index contributed by atoms with van der Waals surface area (Å²) in [6.07, 6.45) is 0.334. The van der Waals surface area contributed by atoms with E-state index in [-0.39, 0.29) is 29.0 Å². The molecule has 4 rings (SSSR count). The molecular formula is C21H22F3N3O3S. The van der Waals surface area contributed by atoms with Crippen LogP contribution in [-0.4, -0.2) is 20.4 Å². The normalized spacial score (nSPS) is 17.2. The highest BCUT2D eigenvalue weighted by Gasteiger charge is 2.32. The highest BCUT2D eigenvalue weighted by atomic mass is 32.2. The van der Waals surface area contributed by atoms with Crippen molar-refractivity contribution in [2.45, 2.75) is 55.6 Å². The molecule has 1 fully saturated rings. The van der Waals surface area contributed by atoms with Crippen LogP contribution < -0.4 is 15.4 Å². The highest BCUT2D eigenvalue weighted by Crippen LogP contribution is 2.36. The largest absolute Gasteiger partial charge is 0.416 e. The molecule has 1 aliphatic carbocycles. The number of sulfonamides is 1. The zero-order chi connectivity index (χ0) is 22.2. The van der Waals surface area contributed by atoms with Gasteiger partial charge in [-0.3, -0.25) is 9.52 Å². The summed E-state index contributed by atoms with van der Waals surface area (Å²) in [5.41, 5.74) is 0.264. The van der Waals surface area contributed by atoms with Crippen LogP contribution in [0.2, 0.25) is 0 Å². The van der Waals surface area contributed by atoms with Gasteiger partial charge in [0.2, 0.25) is 5.91 Å². The van der Waals surface area contributed by atoms with Crippen molar-refractivity contribution in [2.24, 2.45) is 0 Å². The molecule has 10 heteroatoms. The predicted molar refractivity (Wildman–Crippen MR) is 112 cm³/mol. The molecule has 166 valence electrons. The molecule has 0 bridgehead atoms. The number of rotatable bonds is 5. The number of nitrogens with one attached hydrogen (secondary N) is 3. The molecule has 0 atom stereocenters. The van der Waals surface area contributed by atoms with E-state index in [9.17, 15) is 26.4 Å². The van der Waals surface area contributed by atoms with Gasteiger partial charge in [0.25, 0.3) is 10.0 Å². The van der Waals surface area contributed by atoms with E-state index in [4.69, 9.17) is 0 Å². The summed E-state index contributed by atoms with van der Waals surface area (Å²) in [7, 11) is -4.17. The van der Waals surface area contributed by atoms with Crippen molar-refractivity contribution in [1.29, 1.82) is 0 Å². The highest BCUT2D eigenvalue weighted by molar-refractivity contribution is 7.92. The lowest BCUT2D eigenvalue weighted by Crippen LogP contribution is -2.24. The minimum Gasteiger partial charge on any atom is -0.381 e. The van der Waals surface area contributed by atoms with Crippen molar-refractivity contribution >= 4 is 33.0 Å². The van der Waals surface area contributed by atoms with Crippen LogP contribution in [0.15, 0.2) is 41.3 Å². The maximum atomic E-state index is 13.3. The summed E-state index contributed by atoms with van der Waals surface area (Å²) in [4.78, 5) is 11.4. The van der Waals surface area contributed by atoms with E-state index < -0.39 is 21.8 Å². The standard InChI is InChI=1S/C21H22F3N3O3S/c22-21(23,24)14-6-8-18(25-15-4-2-1-3-5-15)19(12-14)27-31(29,30)16-7-9-17-13(10-16)11-20(28)26-17/h6-10,12,15,25,27H,1-5,11H2,(H,26,28). The van der Waals surface area contributed by atoms with Crippen molar-refractivity contribution in [2.75, 3.05) is 15.4 Å². The Morgan fingerprint density at radius 3 is 2.42 bits per heavy atom. The van der Waals surface area contributed by atoms with Crippen LogP contribution in [0.3, 0.4) is 0 Å². The first-order valence-electron chi connectivity index (χ1n) is 10.1. The second-order valence-electron chi connectivity index (χ2n) is 7.89. The van der Waals surface area contributed by atoms with Crippen LogP contribution in [0.4, 0.5) is 30.2 Å². The number of hydrogen-bond donors (Lipinski definition) is 3. The average molecular weight is 453 g/mol. The number of alkyl halides is 3. The van der Waals surface area contributed by atoms with Crippen LogP contribution in [0, 0.1) is 0 Å². The molecule has 2 aliphatic rings. The molecule has 1 saturated carbocycles. The number of halogens is 3. The summed E-state index contributed by atoms with van der Waals surface area (Å²) in [6, 6.07) is 7.23. The third kappa shape index (κ3) is 4.79. The van der Waals surface area contributed by atoms with E-state index >= 15 is 0 Å². The zero-order valence-corrected chi connectivity index (χ0v) is 17.4. The molecule has 3 N–H and O–H groups in total. The van der Waals surface area contributed by atoms with Crippen LogP contribution in [-0.2, 0) is 27.4 Å². The van der Waals surface area contributed by atoms with Gasteiger partial charge in [0.1, 0.15) is 0 Å². The zero-order valence-electron chi connectivity index (χ0n) is 16.6. The Hall–Kier alpha value is -2.75. The molecule has 1 aliphatic heterocycles. The summed E-state index contributed by atoms with van der Waals surface area (Å²) < 4.78 is 68.0. The van der Waals surface area contributed by atoms with Crippen molar-refractivity contribution < 1.29 is 26.4 Å². The maximum Gasteiger partial charge on any atom is 0.416 e. The fourth-order valence-corrected chi connectivity index (χ4v) is 5.10. The number of benzene rings is 2. The lowest BCUT2D eigenvalue weighted by molar-refractivity contribution is -0.137. The van der Waals surface area contributed by atoms with E-state index in [1.54, 1.807) is 0 Å². The van der Waals surface area contributed by atoms with Crippen molar-refractivity contribution in [1.82, 2.24) is 0 Å². The van der Waals surface area contributed by atoms with Crippen LogP contribution >= 0.6 is 0 Å². The maximum absolute atomic E-state index is 13.3. The molecule has 0 radical (unpaired) electrons. The molecule has 0 aromatic heterocycles. The summed E-state index contributed by atoms with van der Waals surface area (Å²) >= 11 is 0. The number of fused-ring (bicyclic) bond motifs is 1. The minimum atomic E-state index is -4.61. The molecule has 0 saturated heterocycles. The Balaban J connectivity index is 1.66. The van der Waals surface area contributed by atoms with E-state index in [0.717, 1.165) is 44.2 Å². The van der Waals surface area contributed by atoms with E-state index in [1.807, 2.05) is 0 Å². The Morgan fingerprint density at radius 1 is 0.968 bits per heavy atom. The number of amides is 1. The molecule has 1 heterocycles. The Kier molecular flexibility index (Phi) is 5.59. The summed E-state index contributed by atoms with van der Waals surface area (Å²) in [6.45, 7) is 0. The van der Waals surface area contributed by atoms with Gasteiger partial charge >= 0.3 is 6.18 Å². The molecule has 0 spiro atoms. The second-order valence-corrected chi connectivity index (χ2v) is 9.57. The van der Waals surface area contributed by atoms with Crippen LogP contribution in [0.25, 0.3) is 0 Å². The van der Waals surface area contributed by atoms with Gasteiger partial charge < -0.3 is 10.6 Å². The van der Waals surface area contributed by atoms with Crippen molar-refractivity contribution in [3.05, 3.63) is 47.5 Å². The summed E-state index contributed by atoms with van der Waals surface area (Å²) in [5.74, 6) is -0.241. The Morgan fingerprint density at radius 2 is 1.71 bits per heavy atom. The van der Waals surface area contributed by atoms with E-state index in [1.165, 1.54) is 24.3 Å². The van der Waals surface area contributed by atoms with Crippen molar-refractivity contribution in [3.63, 3.8) is 0 Å². The van der Waals surface area contributed by atoms with Crippen LogP contribution in [0.5, 0.6) is 0 Å². The predicted octanol–water partition coefficient (Wildman–Crippen LogP) is 4.75. The van der Waals surface area contributed by atoms with Crippen LogP contribution in [0.1, 0.15) is 43.2 Å². The molecule has 6 nitrogen and oxygen atoms in total. The first kappa shape index (κ1) is 21.5. The van der Waals surface area contributed by atoms with Gasteiger partial charge in [0, 0.05) is 11.7 Å². The number of hydrogen-bond acceptors (Lipinski definition) is 4. The second kappa shape index (κ2) is 8.07. The fourth-order valence-electron chi connectivity index (χ4n) is 3.97. The first-order valence-corrected chi connectivity index (χ1v) is 11.5. The lowest BCUT2D eigenvalue weighted by Gasteiger charge is -2.26. The van der Waals surface area contributed by atoms with Gasteiger partial charge in [-0.1, -0.05) is 19.3 Å². The van der Waals surface area contributed by atoms with Gasteiger partial charge in [-0.2, -0.15) is 13.2 Å². The summed E-state index contributed by atoms with van der Waals surface area (Å²) in [5, 5.41) is 5.82. The van der Waals surface area contributed by atoms with Gasteiger partial charge in [-0.25, -0.2) is 8.42 Å². The van der Waals surface area contributed by atoms with Gasteiger partial charge in [-0.15, -0.1) is 0 Å². The molecule has 2 aromatic rings. The van der Waals surface area contributed by atoms with Crippen molar-refractivity contribution in [3.8, 4) is 0 Å². The average Bonchev–Trinajstić information content (AvgIpc) is 3.08. The Bertz CT molecular complexity index is 1110. The van der Waals surface area contributed by atoms with E-state index in [2.05, 4.69) is 15.4 Å². The SMILES string of the molecule is O=C1Cc2cc(S(=O)(=O)Nc3cc(C(F)(F)F)ccc3NC3CCCCC3)ccc2N1. The van der Waals surface area contributed by atoms with Gasteiger partial charge in [-0.05, 0) is 54.8 Å². The first-order chi connectivity index (χ1) is 14.6. The third-order valence-corrected chi connectivity index (χ3v) is 6.93. The third-order valence-electron chi connectivity index (χ3n) is 5.57. The minimum absolute atomic E-state index is 0.0523.